The number of nitrogens with one attached hydrogen (secondary N) is 2. The molecule has 3 rings (SSSR count). The van der Waals surface area contributed by atoms with Gasteiger partial charge in [0, 0.05) is 12.2 Å². The van der Waals surface area contributed by atoms with Crippen molar-refractivity contribution >= 4 is 50.3 Å². The summed E-state index contributed by atoms with van der Waals surface area (Å²) < 4.78 is 22.7. The predicted molar refractivity (Wildman–Crippen MR) is 84.8 cm³/mol. The van der Waals surface area contributed by atoms with Gasteiger partial charge in [-0.15, -0.1) is 0 Å². The molecule has 2 aromatic rings. The number of rotatable bonds is 4. The second-order valence-corrected chi connectivity index (χ2v) is 8.65. The van der Waals surface area contributed by atoms with Crippen molar-refractivity contribution < 1.29 is 13.2 Å². The molecule has 2 aromatic heterocycles. The van der Waals surface area contributed by atoms with Crippen molar-refractivity contribution in [3.8, 4) is 0 Å². The first kappa shape index (κ1) is 15.6. The minimum atomic E-state index is -2.99. The van der Waals surface area contributed by atoms with Gasteiger partial charge in [0.25, 0.3) is 0 Å². The Kier molecular flexibility index (Phi) is 4.28. The first-order valence-electron chi connectivity index (χ1n) is 6.55. The van der Waals surface area contributed by atoms with E-state index in [1.807, 2.05) is 0 Å². The highest BCUT2D eigenvalue weighted by atomic mass is 35.5. The smallest absolute Gasteiger partial charge is 0.230 e. The van der Waals surface area contributed by atoms with Gasteiger partial charge in [-0.3, -0.25) is 4.79 Å². The molecule has 0 spiro atoms. The molecule has 118 valence electrons. The van der Waals surface area contributed by atoms with Crippen LogP contribution < -0.4 is 5.32 Å². The van der Waals surface area contributed by atoms with Gasteiger partial charge in [-0.2, -0.15) is 0 Å². The standard InChI is InChI=1S/C12H13ClN4O3S2/c13-7-3-9-11(14-4-7)17-12(16-9)21-5-10(18)15-8-1-2-22(19,20)6-8/h3-4,8H,1-2,5-6H2,(H,15,18)(H,14,16,17)/t8-/m0/s1. The van der Waals surface area contributed by atoms with Crippen LogP contribution in [0.25, 0.3) is 11.2 Å². The van der Waals surface area contributed by atoms with E-state index in [0.717, 1.165) is 0 Å². The lowest BCUT2D eigenvalue weighted by Gasteiger charge is -2.09. The molecule has 0 bridgehead atoms. The minimum absolute atomic E-state index is 0.0243. The van der Waals surface area contributed by atoms with Crippen molar-refractivity contribution in [3.63, 3.8) is 0 Å². The number of carbonyl (C=O) groups excluding carboxylic acids is 1. The number of aromatic amines is 1. The highest BCUT2D eigenvalue weighted by molar-refractivity contribution is 7.99. The van der Waals surface area contributed by atoms with E-state index in [-0.39, 0.29) is 29.2 Å². The number of imidazole rings is 1. The maximum Gasteiger partial charge on any atom is 0.230 e. The van der Waals surface area contributed by atoms with Crippen molar-refractivity contribution in [2.24, 2.45) is 0 Å². The van der Waals surface area contributed by atoms with E-state index < -0.39 is 9.84 Å². The maximum absolute atomic E-state index is 11.8. The van der Waals surface area contributed by atoms with E-state index in [4.69, 9.17) is 11.6 Å². The van der Waals surface area contributed by atoms with Crippen LogP contribution in [0.3, 0.4) is 0 Å². The molecule has 3 heterocycles. The first-order valence-corrected chi connectivity index (χ1v) is 9.74. The summed E-state index contributed by atoms with van der Waals surface area (Å²) in [7, 11) is -2.99. The zero-order valence-corrected chi connectivity index (χ0v) is 13.8. The Balaban J connectivity index is 1.56. The van der Waals surface area contributed by atoms with Crippen LogP contribution in [-0.2, 0) is 14.6 Å². The second kappa shape index (κ2) is 6.05. The quantitative estimate of drug-likeness (QED) is 0.788. The van der Waals surface area contributed by atoms with Gasteiger partial charge in [-0.1, -0.05) is 23.4 Å². The van der Waals surface area contributed by atoms with Gasteiger partial charge in [-0.25, -0.2) is 18.4 Å². The highest BCUT2D eigenvalue weighted by Gasteiger charge is 2.28. The van der Waals surface area contributed by atoms with Gasteiger partial charge in [-0.05, 0) is 12.5 Å². The fraction of sp³-hybridized carbons (Fsp3) is 0.417. The van der Waals surface area contributed by atoms with E-state index in [1.54, 1.807) is 6.07 Å². The molecular formula is C12H13ClN4O3S2. The number of amides is 1. The van der Waals surface area contributed by atoms with Gasteiger partial charge in [0.05, 0.1) is 27.8 Å². The Morgan fingerprint density at radius 2 is 2.36 bits per heavy atom. The molecule has 1 saturated heterocycles. The second-order valence-electron chi connectivity index (χ2n) is 5.02. The van der Waals surface area contributed by atoms with Gasteiger partial charge < -0.3 is 10.3 Å². The van der Waals surface area contributed by atoms with Crippen molar-refractivity contribution in [2.75, 3.05) is 17.3 Å². The number of carbonyl (C=O) groups is 1. The third-order valence-electron chi connectivity index (χ3n) is 3.22. The van der Waals surface area contributed by atoms with Crippen molar-refractivity contribution in [2.45, 2.75) is 17.6 Å². The van der Waals surface area contributed by atoms with Gasteiger partial charge in [0.1, 0.15) is 0 Å². The number of fused-ring (bicyclic) bond motifs is 1. The summed E-state index contributed by atoms with van der Waals surface area (Å²) in [6, 6.07) is 1.43. The van der Waals surface area contributed by atoms with Crippen LogP contribution in [0.5, 0.6) is 0 Å². The molecule has 1 aliphatic heterocycles. The maximum atomic E-state index is 11.8. The summed E-state index contributed by atoms with van der Waals surface area (Å²) in [6.45, 7) is 0. The van der Waals surface area contributed by atoms with Crippen LogP contribution in [0.2, 0.25) is 5.02 Å². The molecule has 0 aliphatic carbocycles. The van der Waals surface area contributed by atoms with Crippen molar-refractivity contribution in [1.82, 2.24) is 20.3 Å². The van der Waals surface area contributed by atoms with Gasteiger partial charge >= 0.3 is 0 Å². The number of halogens is 1. The monoisotopic (exact) mass is 360 g/mol. The largest absolute Gasteiger partial charge is 0.352 e. The summed E-state index contributed by atoms with van der Waals surface area (Å²) in [4.78, 5) is 23.2. The summed E-state index contributed by atoms with van der Waals surface area (Å²) in [6.07, 6.45) is 1.98. The minimum Gasteiger partial charge on any atom is -0.352 e. The zero-order chi connectivity index (χ0) is 15.7. The Morgan fingerprint density at radius 1 is 1.55 bits per heavy atom. The van der Waals surface area contributed by atoms with E-state index in [0.29, 0.717) is 27.8 Å². The van der Waals surface area contributed by atoms with E-state index in [9.17, 15) is 13.2 Å². The Bertz CT molecular complexity index is 821. The molecule has 0 aromatic carbocycles. The summed E-state index contributed by atoms with van der Waals surface area (Å²) in [5, 5.41) is 3.81. The van der Waals surface area contributed by atoms with Crippen LogP contribution in [-0.4, -0.2) is 52.6 Å². The van der Waals surface area contributed by atoms with Crippen LogP contribution >= 0.6 is 23.4 Å². The number of sulfone groups is 1. The molecule has 22 heavy (non-hydrogen) atoms. The SMILES string of the molecule is O=C(CSc1nc2ncc(Cl)cc2[nH]1)N[C@H]1CCS(=O)(=O)C1. The number of H-pyrrole nitrogens is 1. The molecule has 0 unspecified atom stereocenters. The molecule has 2 N–H and O–H groups in total. The molecule has 0 saturated carbocycles. The fourth-order valence-corrected chi connectivity index (χ4v) is 4.75. The first-order chi connectivity index (χ1) is 10.4. The third kappa shape index (κ3) is 3.71. The molecule has 0 radical (unpaired) electrons. The van der Waals surface area contributed by atoms with Crippen molar-refractivity contribution in [1.29, 1.82) is 0 Å². The third-order valence-corrected chi connectivity index (χ3v) is 6.07. The molecule has 1 fully saturated rings. The van der Waals surface area contributed by atoms with E-state index in [1.165, 1.54) is 18.0 Å². The van der Waals surface area contributed by atoms with Gasteiger partial charge in [0.15, 0.2) is 20.6 Å². The summed E-state index contributed by atoms with van der Waals surface area (Å²) >= 11 is 7.08. The topological polar surface area (TPSA) is 105 Å². The summed E-state index contributed by atoms with van der Waals surface area (Å²) in [5.41, 5.74) is 1.24. The van der Waals surface area contributed by atoms with Crippen LogP contribution in [0.15, 0.2) is 17.4 Å². The molecular weight excluding hydrogens is 348 g/mol. The van der Waals surface area contributed by atoms with Gasteiger partial charge in [0.2, 0.25) is 5.91 Å². The Morgan fingerprint density at radius 3 is 3.09 bits per heavy atom. The van der Waals surface area contributed by atoms with Crippen molar-refractivity contribution in [3.05, 3.63) is 17.3 Å². The number of hydrogen-bond donors (Lipinski definition) is 2. The Labute approximate surface area is 136 Å². The molecule has 1 atom stereocenters. The van der Waals surface area contributed by atoms with Crippen LogP contribution in [0.1, 0.15) is 6.42 Å². The zero-order valence-electron chi connectivity index (χ0n) is 11.4. The number of aromatic nitrogens is 3. The molecule has 1 aliphatic rings. The predicted octanol–water partition coefficient (Wildman–Crippen LogP) is 1.01. The average molecular weight is 361 g/mol. The number of nitrogens with zero attached hydrogens (tertiary/aromatic N) is 2. The molecule has 1 amide bonds. The lowest BCUT2D eigenvalue weighted by Crippen LogP contribution is -2.36. The average Bonchev–Trinajstić information content (AvgIpc) is 2.98. The van der Waals surface area contributed by atoms with Crippen LogP contribution in [0, 0.1) is 0 Å². The highest BCUT2D eigenvalue weighted by Crippen LogP contribution is 2.20. The number of thioether (sulfide) groups is 1. The number of pyridine rings is 1. The van der Waals surface area contributed by atoms with E-state index >= 15 is 0 Å². The van der Waals surface area contributed by atoms with E-state index in [2.05, 4.69) is 20.3 Å². The lowest BCUT2D eigenvalue weighted by atomic mass is 10.3. The lowest BCUT2D eigenvalue weighted by molar-refractivity contribution is -0.119. The van der Waals surface area contributed by atoms with Crippen LogP contribution in [0.4, 0.5) is 0 Å². The molecule has 10 heteroatoms. The fourth-order valence-electron chi connectivity index (χ4n) is 2.23. The Hall–Kier alpha value is -1.32. The number of hydrogen-bond acceptors (Lipinski definition) is 6. The normalized spacial score (nSPS) is 20.3. The summed E-state index contributed by atoms with van der Waals surface area (Å²) in [5.74, 6) is 0.111. The molecule has 7 nitrogen and oxygen atoms in total.